The van der Waals surface area contributed by atoms with Gasteiger partial charge in [-0.25, -0.2) is 4.39 Å². The highest BCUT2D eigenvalue weighted by molar-refractivity contribution is 6.36. The highest BCUT2D eigenvalue weighted by atomic mass is 35.5. The average molecular weight is 395 g/mol. The molecule has 0 spiro atoms. The van der Waals surface area contributed by atoms with Crippen LogP contribution in [0, 0.1) is 5.82 Å². The van der Waals surface area contributed by atoms with Crippen LogP contribution in [0.15, 0.2) is 60.7 Å². The Hall–Kier alpha value is -2.69. The van der Waals surface area contributed by atoms with Crippen molar-refractivity contribution in [2.75, 3.05) is 0 Å². The second-order valence-corrected chi connectivity index (χ2v) is 7.51. The zero-order valence-electron chi connectivity index (χ0n) is 15.2. The van der Waals surface area contributed by atoms with E-state index in [0.717, 1.165) is 41.6 Å². The first-order chi connectivity index (χ1) is 13.5. The van der Waals surface area contributed by atoms with Crippen LogP contribution in [0.3, 0.4) is 0 Å². The first-order valence-corrected chi connectivity index (χ1v) is 9.57. The summed E-state index contributed by atoms with van der Waals surface area (Å²) in [7, 11) is 0. The second-order valence-electron chi connectivity index (χ2n) is 7.13. The molecule has 142 valence electrons. The molecular weight excluding hydrogens is 375 g/mol. The monoisotopic (exact) mass is 394 g/mol. The average Bonchev–Trinajstić information content (AvgIpc) is 3.09. The van der Waals surface area contributed by atoms with E-state index in [1.54, 1.807) is 18.2 Å². The molecule has 1 amide bonds. The number of primary amides is 1. The Morgan fingerprint density at radius 2 is 1.82 bits per heavy atom. The van der Waals surface area contributed by atoms with Gasteiger partial charge < -0.3 is 11.1 Å². The molecule has 1 aliphatic rings. The van der Waals surface area contributed by atoms with Crippen molar-refractivity contribution >= 4 is 17.5 Å². The van der Waals surface area contributed by atoms with Gasteiger partial charge in [0, 0.05) is 18.2 Å². The minimum atomic E-state index is -0.537. The van der Waals surface area contributed by atoms with Gasteiger partial charge in [0.05, 0.1) is 10.6 Å². The summed E-state index contributed by atoms with van der Waals surface area (Å²) in [5.74, 6) is -0.709. The molecule has 0 aliphatic heterocycles. The number of amides is 1. The summed E-state index contributed by atoms with van der Waals surface area (Å²) in [5.41, 5.74) is 10.9. The van der Waals surface area contributed by atoms with Crippen LogP contribution in [-0.2, 0) is 19.4 Å². The Morgan fingerprint density at radius 3 is 2.57 bits per heavy atom. The minimum Gasteiger partial charge on any atom is -0.366 e. The van der Waals surface area contributed by atoms with E-state index in [0.29, 0.717) is 16.6 Å². The first kappa shape index (κ1) is 18.7. The van der Waals surface area contributed by atoms with Crippen molar-refractivity contribution < 1.29 is 9.18 Å². The molecule has 5 heteroatoms. The molecule has 0 saturated heterocycles. The van der Waals surface area contributed by atoms with Gasteiger partial charge in [0.15, 0.2) is 0 Å². The Balaban J connectivity index is 1.42. The van der Waals surface area contributed by atoms with E-state index in [9.17, 15) is 9.18 Å². The van der Waals surface area contributed by atoms with Gasteiger partial charge in [-0.2, -0.15) is 0 Å². The molecule has 0 aromatic heterocycles. The van der Waals surface area contributed by atoms with Crippen LogP contribution >= 0.6 is 11.6 Å². The molecule has 3 nitrogen and oxygen atoms in total. The summed E-state index contributed by atoms with van der Waals surface area (Å²) in [6.07, 6.45) is 1.77. The van der Waals surface area contributed by atoms with Gasteiger partial charge in [-0.3, -0.25) is 4.79 Å². The molecular formula is C23H20ClFN2O. The normalized spacial score (nSPS) is 15.4. The van der Waals surface area contributed by atoms with Crippen molar-refractivity contribution in [1.82, 2.24) is 5.32 Å². The molecule has 3 N–H and O–H groups in total. The summed E-state index contributed by atoms with van der Waals surface area (Å²) in [6, 6.07) is 18.7. The predicted octanol–water partition coefficient (Wildman–Crippen LogP) is 4.50. The summed E-state index contributed by atoms with van der Waals surface area (Å²) in [6.45, 7) is 0.733. The van der Waals surface area contributed by atoms with Crippen LogP contribution in [0.2, 0.25) is 5.02 Å². The fraction of sp³-hybridized carbons (Fsp3) is 0.174. The Labute approximate surface area is 168 Å². The van der Waals surface area contributed by atoms with Crippen molar-refractivity contribution in [2.45, 2.75) is 25.4 Å². The van der Waals surface area contributed by atoms with Gasteiger partial charge in [0.2, 0.25) is 5.91 Å². The molecule has 0 saturated carbocycles. The van der Waals surface area contributed by atoms with E-state index < -0.39 is 5.91 Å². The lowest BCUT2D eigenvalue weighted by atomic mass is 10.0. The molecule has 4 rings (SSSR count). The molecule has 0 heterocycles. The Morgan fingerprint density at radius 1 is 1.07 bits per heavy atom. The Kier molecular flexibility index (Phi) is 5.16. The number of hydrogen-bond acceptors (Lipinski definition) is 2. The summed E-state index contributed by atoms with van der Waals surface area (Å²) >= 11 is 6.34. The molecule has 0 fully saturated rings. The van der Waals surface area contributed by atoms with E-state index in [-0.39, 0.29) is 5.82 Å². The van der Waals surface area contributed by atoms with E-state index in [4.69, 9.17) is 17.3 Å². The van der Waals surface area contributed by atoms with Crippen LogP contribution < -0.4 is 11.1 Å². The molecule has 3 aromatic carbocycles. The number of hydrogen-bond donors (Lipinski definition) is 2. The highest BCUT2D eigenvalue weighted by Crippen LogP contribution is 2.31. The van der Waals surface area contributed by atoms with Crippen molar-refractivity contribution in [3.05, 3.63) is 93.8 Å². The third-order valence-corrected chi connectivity index (χ3v) is 5.63. The van der Waals surface area contributed by atoms with Gasteiger partial charge in [-0.15, -0.1) is 0 Å². The fourth-order valence-corrected chi connectivity index (χ4v) is 4.07. The zero-order valence-corrected chi connectivity index (χ0v) is 16.0. The molecule has 1 aliphatic carbocycles. The molecule has 3 aromatic rings. The van der Waals surface area contributed by atoms with Gasteiger partial charge in [0.25, 0.3) is 0 Å². The van der Waals surface area contributed by atoms with Gasteiger partial charge >= 0.3 is 0 Å². The van der Waals surface area contributed by atoms with E-state index >= 15 is 0 Å². The third kappa shape index (κ3) is 3.79. The molecule has 1 atom stereocenters. The quantitative estimate of drug-likeness (QED) is 0.669. The SMILES string of the molecule is NC(=O)c1cccc(-c2ccc(CN[C@@H]3Cc4ccc(F)cc4C3)cc2)c1Cl. The van der Waals surface area contributed by atoms with Crippen molar-refractivity contribution in [3.63, 3.8) is 0 Å². The molecule has 0 radical (unpaired) electrons. The lowest BCUT2D eigenvalue weighted by Crippen LogP contribution is -2.28. The zero-order chi connectivity index (χ0) is 19.7. The number of carbonyl (C=O) groups excluding carboxylic acids is 1. The number of rotatable bonds is 5. The Bertz CT molecular complexity index is 1030. The van der Waals surface area contributed by atoms with Gasteiger partial charge in [0.1, 0.15) is 5.82 Å². The topological polar surface area (TPSA) is 55.1 Å². The minimum absolute atomic E-state index is 0.172. The van der Waals surface area contributed by atoms with Gasteiger partial charge in [-0.1, -0.05) is 54.1 Å². The highest BCUT2D eigenvalue weighted by Gasteiger charge is 2.21. The van der Waals surface area contributed by atoms with E-state index in [2.05, 4.69) is 5.32 Å². The maximum absolute atomic E-state index is 13.4. The van der Waals surface area contributed by atoms with Crippen molar-refractivity contribution in [1.29, 1.82) is 0 Å². The van der Waals surface area contributed by atoms with Gasteiger partial charge in [-0.05, 0) is 53.3 Å². The smallest absolute Gasteiger partial charge is 0.250 e. The van der Waals surface area contributed by atoms with Crippen molar-refractivity contribution in [2.24, 2.45) is 5.73 Å². The number of nitrogens with one attached hydrogen (secondary N) is 1. The number of nitrogens with two attached hydrogens (primary N) is 1. The summed E-state index contributed by atoms with van der Waals surface area (Å²) in [4.78, 5) is 11.5. The van der Waals surface area contributed by atoms with Crippen LogP contribution in [0.1, 0.15) is 27.0 Å². The molecule has 0 unspecified atom stereocenters. The summed E-state index contributed by atoms with van der Waals surface area (Å²) < 4.78 is 13.4. The fourth-order valence-electron chi connectivity index (χ4n) is 3.74. The number of carbonyl (C=O) groups is 1. The van der Waals surface area contributed by atoms with Crippen LogP contribution in [0.5, 0.6) is 0 Å². The van der Waals surface area contributed by atoms with Crippen molar-refractivity contribution in [3.8, 4) is 11.1 Å². The lowest BCUT2D eigenvalue weighted by molar-refractivity contribution is 0.100. The summed E-state index contributed by atoms with van der Waals surface area (Å²) in [5, 5.41) is 3.92. The lowest BCUT2D eigenvalue weighted by Gasteiger charge is -2.13. The molecule has 0 bridgehead atoms. The number of halogens is 2. The molecule has 28 heavy (non-hydrogen) atoms. The standard InChI is InChI=1S/C23H20ClFN2O/c24-22-20(2-1-3-21(22)23(26)28)15-6-4-14(5-7-15)13-27-19-11-16-8-9-18(25)10-17(16)12-19/h1-10,19,27H,11-13H2,(H2,26,28)/t19-/m1/s1. The maximum atomic E-state index is 13.4. The van der Waals surface area contributed by atoms with Crippen LogP contribution in [0.4, 0.5) is 4.39 Å². The number of benzene rings is 3. The first-order valence-electron chi connectivity index (χ1n) is 9.19. The number of fused-ring (bicyclic) bond motifs is 1. The third-order valence-electron chi connectivity index (χ3n) is 5.22. The maximum Gasteiger partial charge on any atom is 0.250 e. The largest absolute Gasteiger partial charge is 0.366 e. The van der Waals surface area contributed by atoms with Crippen LogP contribution in [-0.4, -0.2) is 11.9 Å². The second kappa shape index (κ2) is 7.74. The van der Waals surface area contributed by atoms with E-state index in [1.807, 2.05) is 36.4 Å². The van der Waals surface area contributed by atoms with E-state index in [1.165, 1.54) is 11.6 Å². The predicted molar refractivity (Wildman–Crippen MR) is 110 cm³/mol. The van der Waals surface area contributed by atoms with Crippen LogP contribution in [0.25, 0.3) is 11.1 Å².